The Morgan fingerprint density at radius 2 is 1.82 bits per heavy atom. The second-order valence-electron chi connectivity index (χ2n) is 6.70. The normalized spacial score (nSPS) is 15.8. The maximum absolute atomic E-state index is 13.2. The summed E-state index contributed by atoms with van der Waals surface area (Å²) in [5, 5.41) is 17.6. The predicted octanol–water partition coefficient (Wildman–Crippen LogP) is 4.12. The molecule has 0 spiro atoms. The van der Waals surface area contributed by atoms with Crippen LogP contribution >= 0.6 is 0 Å². The summed E-state index contributed by atoms with van der Waals surface area (Å²) >= 11 is 0. The number of fused-ring (bicyclic) bond motifs is 1. The van der Waals surface area contributed by atoms with Gasteiger partial charge >= 0.3 is 0 Å². The lowest BCUT2D eigenvalue weighted by atomic mass is 9.96. The number of amides is 1. The van der Waals surface area contributed by atoms with Crippen LogP contribution in [0.2, 0.25) is 0 Å². The summed E-state index contributed by atoms with van der Waals surface area (Å²) in [7, 11) is 0. The third kappa shape index (κ3) is 2.50. The Bertz CT molecular complexity index is 1130. The van der Waals surface area contributed by atoms with Crippen molar-refractivity contribution in [3.63, 3.8) is 0 Å². The number of H-pyrrole nitrogens is 1. The molecule has 5 rings (SSSR count). The molecule has 0 bridgehead atoms. The first-order valence-corrected chi connectivity index (χ1v) is 8.99. The number of aromatic amines is 1. The van der Waals surface area contributed by atoms with Gasteiger partial charge in [0.05, 0.1) is 18.8 Å². The van der Waals surface area contributed by atoms with Gasteiger partial charge in [-0.3, -0.25) is 9.89 Å². The van der Waals surface area contributed by atoms with Crippen LogP contribution in [0.25, 0.3) is 11.3 Å². The highest BCUT2D eigenvalue weighted by Crippen LogP contribution is 2.44. The molecule has 1 aliphatic rings. The highest BCUT2D eigenvalue weighted by molar-refractivity contribution is 6.00. The van der Waals surface area contributed by atoms with E-state index in [0.29, 0.717) is 29.3 Å². The Labute approximate surface area is 161 Å². The average molecular weight is 371 g/mol. The standard InChI is InChI=1S/C22H17N3O3/c26-17-11-5-4-10-16(17)19-18-20(24-23-19)22(27)25(13-15-9-6-12-28-15)21(18)14-7-2-1-3-8-14/h1-12,21,26H,13H2,(H,23,24). The summed E-state index contributed by atoms with van der Waals surface area (Å²) in [5.41, 5.74) is 3.35. The van der Waals surface area contributed by atoms with Crippen molar-refractivity contribution in [3.05, 3.63) is 95.6 Å². The SMILES string of the molecule is O=C1c2[nH]nc(-c3ccccc3O)c2C(c2ccccc2)N1Cc1ccco1. The quantitative estimate of drug-likeness (QED) is 0.565. The van der Waals surface area contributed by atoms with Gasteiger partial charge in [0.25, 0.3) is 5.91 Å². The van der Waals surface area contributed by atoms with Crippen molar-refractivity contribution in [1.82, 2.24) is 15.1 Å². The molecule has 2 aromatic heterocycles. The average Bonchev–Trinajstić information content (AvgIpc) is 3.43. The van der Waals surface area contributed by atoms with Crippen molar-refractivity contribution >= 4 is 5.91 Å². The van der Waals surface area contributed by atoms with Gasteiger partial charge in [-0.25, -0.2) is 0 Å². The molecule has 6 nitrogen and oxygen atoms in total. The highest BCUT2D eigenvalue weighted by atomic mass is 16.3. The number of hydrogen-bond acceptors (Lipinski definition) is 4. The number of nitrogens with zero attached hydrogens (tertiary/aromatic N) is 2. The molecule has 0 saturated heterocycles. The fourth-order valence-electron chi connectivity index (χ4n) is 3.79. The summed E-state index contributed by atoms with van der Waals surface area (Å²) in [6.07, 6.45) is 1.60. The number of phenols is 1. The molecule has 1 amide bonds. The Kier molecular flexibility index (Phi) is 3.76. The summed E-state index contributed by atoms with van der Waals surface area (Å²) in [4.78, 5) is 15.0. The van der Waals surface area contributed by atoms with Crippen molar-refractivity contribution in [2.45, 2.75) is 12.6 Å². The van der Waals surface area contributed by atoms with E-state index in [-0.39, 0.29) is 17.7 Å². The first-order chi connectivity index (χ1) is 13.7. The number of nitrogens with one attached hydrogen (secondary N) is 1. The second-order valence-corrected chi connectivity index (χ2v) is 6.70. The van der Waals surface area contributed by atoms with Gasteiger partial charge in [0.2, 0.25) is 0 Å². The molecule has 3 heterocycles. The van der Waals surface area contributed by atoms with Crippen LogP contribution in [0.4, 0.5) is 0 Å². The van der Waals surface area contributed by atoms with Crippen molar-refractivity contribution in [2.24, 2.45) is 0 Å². The third-order valence-electron chi connectivity index (χ3n) is 5.04. The molecule has 2 aromatic carbocycles. The number of furan rings is 1. The number of hydrogen-bond donors (Lipinski definition) is 2. The van der Waals surface area contributed by atoms with E-state index in [9.17, 15) is 9.90 Å². The lowest BCUT2D eigenvalue weighted by Crippen LogP contribution is -2.28. The highest BCUT2D eigenvalue weighted by Gasteiger charge is 2.42. The Balaban J connectivity index is 1.68. The molecule has 1 atom stereocenters. The molecule has 28 heavy (non-hydrogen) atoms. The molecule has 6 heteroatoms. The van der Waals surface area contributed by atoms with Crippen LogP contribution in [0, 0.1) is 0 Å². The number of aromatic nitrogens is 2. The third-order valence-corrected chi connectivity index (χ3v) is 5.04. The molecule has 1 unspecified atom stereocenters. The van der Waals surface area contributed by atoms with Crippen LogP contribution in [0.1, 0.15) is 33.4 Å². The smallest absolute Gasteiger partial charge is 0.273 e. The molecule has 0 aliphatic carbocycles. The molecule has 0 saturated carbocycles. The van der Waals surface area contributed by atoms with E-state index in [0.717, 1.165) is 11.1 Å². The first-order valence-electron chi connectivity index (χ1n) is 8.99. The van der Waals surface area contributed by atoms with Gasteiger partial charge in [0.1, 0.15) is 22.9 Å². The molecular weight excluding hydrogens is 354 g/mol. The summed E-state index contributed by atoms with van der Waals surface area (Å²) < 4.78 is 5.48. The minimum absolute atomic E-state index is 0.126. The van der Waals surface area contributed by atoms with Crippen LogP contribution in [0.3, 0.4) is 0 Å². The number of rotatable bonds is 4. The van der Waals surface area contributed by atoms with Gasteiger partial charge in [-0.15, -0.1) is 0 Å². The van der Waals surface area contributed by atoms with E-state index >= 15 is 0 Å². The van der Waals surface area contributed by atoms with Crippen LogP contribution in [-0.4, -0.2) is 26.1 Å². The summed E-state index contributed by atoms with van der Waals surface area (Å²) in [6.45, 7) is 0.341. The van der Waals surface area contributed by atoms with E-state index < -0.39 is 0 Å². The van der Waals surface area contributed by atoms with Gasteiger partial charge in [-0.2, -0.15) is 5.10 Å². The van der Waals surface area contributed by atoms with Crippen molar-refractivity contribution in [2.75, 3.05) is 0 Å². The Morgan fingerprint density at radius 1 is 1.04 bits per heavy atom. The Morgan fingerprint density at radius 3 is 2.57 bits per heavy atom. The summed E-state index contributed by atoms with van der Waals surface area (Å²) in [5.74, 6) is 0.687. The largest absolute Gasteiger partial charge is 0.507 e. The fourth-order valence-corrected chi connectivity index (χ4v) is 3.79. The van der Waals surface area contributed by atoms with Gasteiger partial charge in [-0.1, -0.05) is 42.5 Å². The molecule has 2 N–H and O–H groups in total. The number of phenolic OH excluding ortho intramolecular Hbond substituents is 1. The van der Waals surface area contributed by atoms with E-state index in [4.69, 9.17) is 4.42 Å². The lowest BCUT2D eigenvalue weighted by molar-refractivity contribution is 0.0717. The van der Waals surface area contributed by atoms with Crippen LogP contribution in [0.5, 0.6) is 5.75 Å². The number of carbonyl (C=O) groups is 1. The number of para-hydroxylation sites is 1. The van der Waals surface area contributed by atoms with Crippen LogP contribution in [0.15, 0.2) is 77.4 Å². The minimum atomic E-state index is -0.331. The second kappa shape index (κ2) is 6.42. The van der Waals surface area contributed by atoms with Crippen LogP contribution in [-0.2, 0) is 6.54 Å². The predicted molar refractivity (Wildman–Crippen MR) is 103 cm³/mol. The van der Waals surface area contributed by atoms with Crippen molar-refractivity contribution < 1.29 is 14.3 Å². The zero-order valence-electron chi connectivity index (χ0n) is 14.9. The van der Waals surface area contributed by atoms with E-state index in [2.05, 4.69) is 10.2 Å². The monoisotopic (exact) mass is 371 g/mol. The van der Waals surface area contributed by atoms with Crippen LogP contribution < -0.4 is 0 Å². The molecule has 4 aromatic rings. The number of aromatic hydroxyl groups is 1. The molecular formula is C22H17N3O3. The van der Waals surface area contributed by atoms with Gasteiger partial charge in [-0.05, 0) is 29.8 Å². The van der Waals surface area contributed by atoms with Gasteiger partial charge < -0.3 is 14.4 Å². The topological polar surface area (TPSA) is 82.4 Å². The Hall–Kier alpha value is -3.80. The number of benzene rings is 2. The minimum Gasteiger partial charge on any atom is -0.507 e. The molecule has 0 fully saturated rings. The number of carbonyl (C=O) groups excluding carboxylic acids is 1. The summed E-state index contributed by atoms with van der Waals surface area (Å²) in [6, 6.07) is 20.2. The maximum Gasteiger partial charge on any atom is 0.273 e. The molecule has 138 valence electrons. The molecule has 0 radical (unpaired) electrons. The van der Waals surface area contributed by atoms with Gasteiger partial charge in [0, 0.05) is 11.1 Å². The van der Waals surface area contributed by atoms with Crippen molar-refractivity contribution in [3.8, 4) is 17.0 Å². The first kappa shape index (κ1) is 16.4. The van der Waals surface area contributed by atoms with E-state index in [1.54, 1.807) is 29.4 Å². The zero-order chi connectivity index (χ0) is 19.1. The zero-order valence-corrected chi connectivity index (χ0v) is 14.9. The van der Waals surface area contributed by atoms with E-state index in [1.807, 2.05) is 48.5 Å². The lowest BCUT2D eigenvalue weighted by Gasteiger charge is -2.25. The van der Waals surface area contributed by atoms with E-state index in [1.165, 1.54) is 0 Å². The molecule has 1 aliphatic heterocycles. The van der Waals surface area contributed by atoms with Crippen molar-refractivity contribution in [1.29, 1.82) is 0 Å². The fraction of sp³-hybridized carbons (Fsp3) is 0.0909. The van der Waals surface area contributed by atoms with Gasteiger partial charge in [0.15, 0.2) is 0 Å². The maximum atomic E-state index is 13.2.